The SMILES string of the molecule is O=C(CNS(=O)(=O)c1ccc2c(c1)CCCC2)Nc1ccc(F)cc1F. The minimum absolute atomic E-state index is 0.0962. The zero-order chi connectivity index (χ0) is 18.7. The average molecular weight is 380 g/mol. The summed E-state index contributed by atoms with van der Waals surface area (Å²) in [6.07, 6.45) is 3.89. The molecule has 0 bridgehead atoms. The van der Waals surface area contributed by atoms with Gasteiger partial charge in [-0.3, -0.25) is 4.79 Å². The molecule has 138 valence electrons. The van der Waals surface area contributed by atoms with E-state index in [4.69, 9.17) is 0 Å². The van der Waals surface area contributed by atoms with Gasteiger partial charge in [-0.1, -0.05) is 6.07 Å². The molecule has 0 saturated heterocycles. The van der Waals surface area contributed by atoms with E-state index >= 15 is 0 Å². The first-order valence-electron chi connectivity index (χ1n) is 8.21. The molecular formula is C18H18F2N2O3S. The fraction of sp³-hybridized carbons (Fsp3) is 0.278. The molecule has 0 aromatic heterocycles. The third-order valence-corrected chi connectivity index (χ3v) is 5.66. The van der Waals surface area contributed by atoms with Gasteiger partial charge in [0.1, 0.15) is 11.6 Å². The van der Waals surface area contributed by atoms with Crippen molar-refractivity contribution in [1.82, 2.24) is 4.72 Å². The van der Waals surface area contributed by atoms with E-state index in [1.165, 1.54) is 6.07 Å². The summed E-state index contributed by atoms with van der Waals surface area (Å²) in [6, 6.07) is 7.65. The van der Waals surface area contributed by atoms with Gasteiger partial charge in [0.25, 0.3) is 0 Å². The molecule has 0 fully saturated rings. The minimum atomic E-state index is -3.86. The molecular weight excluding hydrogens is 362 g/mol. The molecule has 2 aromatic rings. The Morgan fingerprint density at radius 2 is 1.73 bits per heavy atom. The highest BCUT2D eigenvalue weighted by Gasteiger charge is 2.19. The Bertz CT molecular complexity index is 945. The molecule has 1 aliphatic carbocycles. The van der Waals surface area contributed by atoms with Crippen LogP contribution in [0.2, 0.25) is 0 Å². The van der Waals surface area contributed by atoms with Gasteiger partial charge in [0.05, 0.1) is 17.1 Å². The molecule has 0 heterocycles. The molecule has 3 rings (SSSR count). The Morgan fingerprint density at radius 3 is 2.46 bits per heavy atom. The van der Waals surface area contributed by atoms with E-state index in [2.05, 4.69) is 10.0 Å². The lowest BCUT2D eigenvalue weighted by Crippen LogP contribution is -2.33. The molecule has 0 radical (unpaired) electrons. The molecule has 5 nitrogen and oxygen atoms in total. The minimum Gasteiger partial charge on any atom is -0.322 e. The number of sulfonamides is 1. The molecule has 2 aromatic carbocycles. The van der Waals surface area contributed by atoms with E-state index in [1.807, 2.05) is 0 Å². The van der Waals surface area contributed by atoms with Crippen LogP contribution in [0.1, 0.15) is 24.0 Å². The summed E-state index contributed by atoms with van der Waals surface area (Å²) in [5, 5.41) is 2.20. The maximum Gasteiger partial charge on any atom is 0.241 e. The number of benzene rings is 2. The number of hydrogen-bond donors (Lipinski definition) is 2. The summed E-state index contributed by atoms with van der Waals surface area (Å²) in [6.45, 7) is -0.559. The Hall–Kier alpha value is -2.32. The molecule has 1 amide bonds. The van der Waals surface area contributed by atoms with Crippen LogP contribution in [0, 0.1) is 11.6 Å². The van der Waals surface area contributed by atoms with Crippen LogP contribution >= 0.6 is 0 Å². The Morgan fingerprint density at radius 1 is 1.00 bits per heavy atom. The number of carbonyl (C=O) groups excluding carboxylic acids is 1. The van der Waals surface area contributed by atoms with Crippen molar-refractivity contribution in [2.75, 3.05) is 11.9 Å². The van der Waals surface area contributed by atoms with E-state index in [9.17, 15) is 22.0 Å². The van der Waals surface area contributed by atoms with Crippen LogP contribution in [0.5, 0.6) is 0 Å². The molecule has 2 N–H and O–H groups in total. The number of amides is 1. The summed E-state index contributed by atoms with van der Waals surface area (Å²) in [5.41, 5.74) is 1.95. The van der Waals surface area contributed by atoms with E-state index in [1.54, 1.807) is 12.1 Å². The lowest BCUT2D eigenvalue weighted by molar-refractivity contribution is -0.115. The van der Waals surface area contributed by atoms with Gasteiger partial charge in [0.15, 0.2) is 0 Å². The van der Waals surface area contributed by atoms with Crippen molar-refractivity contribution in [2.45, 2.75) is 30.6 Å². The van der Waals surface area contributed by atoms with Gasteiger partial charge in [-0.05, 0) is 61.1 Å². The van der Waals surface area contributed by atoms with Gasteiger partial charge < -0.3 is 5.32 Å². The normalized spacial score (nSPS) is 13.9. The second-order valence-corrected chi connectivity index (χ2v) is 7.90. The molecule has 0 atom stereocenters. The van der Waals surface area contributed by atoms with E-state index in [-0.39, 0.29) is 10.6 Å². The Kier molecular flexibility index (Phi) is 5.33. The quantitative estimate of drug-likeness (QED) is 0.838. The molecule has 8 heteroatoms. The fourth-order valence-electron chi connectivity index (χ4n) is 2.91. The smallest absolute Gasteiger partial charge is 0.241 e. The van der Waals surface area contributed by atoms with Crippen LogP contribution in [0.25, 0.3) is 0 Å². The zero-order valence-electron chi connectivity index (χ0n) is 13.9. The summed E-state index contributed by atoms with van der Waals surface area (Å²) in [5.74, 6) is -2.46. The predicted octanol–water partition coefficient (Wildman–Crippen LogP) is 2.76. The first kappa shape index (κ1) is 18.5. The van der Waals surface area contributed by atoms with Crippen molar-refractivity contribution in [1.29, 1.82) is 0 Å². The Labute approximate surface area is 150 Å². The third-order valence-electron chi connectivity index (χ3n) is 4.26. The average Bonchev–Trinajstić information content (AvgIpc) is 2.62. The number of rotatable bonds is 5. The number of halogens is 2. The van der Waals surface area contributed by atoms with Gasteiger partial charge in [0.2, 0.25) is 15.9 Å². The molecule has 0 spiro atoms. The second-order valence-electron chi connectivity index (χ2n) is 6.13. The highest BCUT2D eigenvalue weighted by molar-refractivity contribution is 7.89. The number of aryl methyl sites for hydroxylation is 2. The molecule has 0 unspecified atom stereocenters. The highest BCUT2D eigenvalue weighted by atomic mass is 32.2. The third kappa shape index (κ3) is 4.25. The first-order chi connectivity index (χ1) is 12.3. The van der Waals surface area contributed by atoms with Crippen LogP contribution in [0.3, 0.4) is 0 Å². The number of anilines is 1. The molecule has 1 aliphatic rings. The van der Waals surface area contributed by atoms with Gasteiger partial charge in [-0.2, -0.15) is 0 Å². The number of nitrogens with one attached hydrogen (secondary N) is 2. The lowest BCUT2D eigenvalue weighted by Gasteiger charge is -2.16. The van der Waals surface area contributed by atoms with Crippen LogP contribution < -0.4 is 10.0 Å². The van der Waals surface area contributed by atoms with Crippen LogP contribution in [0.4, 0.5) is 14.5 Å². The number of hydrogen-bond acceptors (Lipinski definition) is 3. The number of fused-ring (bicyclic) bond motifs is 1. The van der Waals surface area contributed by atoms with E-state index in [0.29, 0.717) is 6.07 Å². The van der Waals surface area contributed by atoms with Gasteiger partial charge >= 0.3 is 0 Å². The topological polar surface area (TPSA) is 75.3 Å². The van der Waals surface area contributed by atoms with Crippen LogP contribution in [-0.2, 0) is 27.7 Å². The lowest BCUT2D eigenvalue weighted by atomic mass is 9.92. The highest BCUT2D eigenvalue weighted by Crippen LogP contribution is 2.24. The van der Waals surface area contributed by atoms with Crippen LogP contribution in [-0.4, -0.2) is 20.9 Å². The summed E-state index contributed by atoms with van der Waals surface area (Å²) >= 11 is 0. The van der Waals surface area contributed by atoms with Crippen molar-refractivity contribution < 1.29 is 22.0 Å². The van der Waals surface area contributed by atoms with Crippen molar-refractivity contribution in [3.05, 3.63) is 59.2 Å². The summed E-state index contributed by atoms with van der Waals surface area (Å²) in [7, 11) is -3.86. The maximum absolute atomic E-state index is 13.5. The van der Waals surface area contributed by atoms with Crippen molar-refractivity contribution >= 4 is 21.6 Å². The van der Waals surface area contributed by atoms with Gasteiger partial charge in [-0.15, -0.1) is 0 Å². The molecule has 0 saturated carbocycles. The maximum atomic E-state index is 13.5. The van der Waals surface area contributed by atoms with E-state index in [0.717, 1.165) is 48.9 Å². The van der Waals surface area contributed by atoms with Gasteiger partial charge in [-0.25, -0.2) is 21.9 Å². The largest absolute Gasteiger partial charge is 0.322 e. The predicted molar refractivity (Wildman–Crippen MR) is 93.3 cm³/mol. The summed E-state index contributed by atoms with van der Waals surface area (Å²) in [4.78, 5) is 12.0. The zero-order valence-corrected chi connectivity index (χ0v) is 14.7. The first-order valence-corrected chi connectivity index (χ1v) is 9.70. The standard InChI is InChI=1S/C18H18F2N2O3S/c19-14-6-8-17(16(20)10-14)22-18(23)11-21-26(24,25)15-7-5-12-3-1-2-4-13(12)9-15/h5-10,21H,1-4,11H2,(H,22,23). The summed E-state index contributed by atoms with van der Waals surface area (Å²) < 4.78 is 53.3. The van der Waals surface area contributed by atoms with Gasteiger partial charge in [0, 0.05) is 6.07 Å². The fourth-order valence-corrected chi connectivity index (χ4v) is 3.94. The van der Waals surface area contributed by atoms with E-state index < -0.39 is 34.1 Å². The van der Waals surface area contributed by atoms with Crippen LogP contribution in [0.15, 0.2) is 41.3 Å². The number of carbonyl (C=O) groups is 1. The molecule has 0 aliphatic heterocycles. The molecule has 26 heavy (non-hydrogen) atoms. The monoisotopic (exact) mass is 380 g/mol. The second kappa shape index (κ2) is 7.51. The Balaban J connectivity index is 1.65. The van der Waals surface area contributed by atoms with Crippen molar-refractivity contribution in [3.8, 4) is 0 Å². The van der Waals surface area contributed by atoms with Crippen molar-refractivity contribution in [3.63, 3.8) is 0 Å². The van der Waals surface area contributed by atoms with Crippen molar-refractivity contribution in [2.24, 2.45) is 0 Å².